The molecule has 11 aromatic rings. The average molecular weight is 2410 g/mol. The normalized spacial score (nSPS) is 17.6. The molecule has 3 fully saturated rings. The van der Waals surface area contributed by atoms with Gasteiger partial charge < -0.3 is 66.7 Å². The van der Waals surface area contributed by atoms with Crippen LogP contribution in [0.4, 0.5) is 68.6 Å². The van der Waals surface area contributed by atoms with Gasteiger partial charge in [0.1, 0.15) is 90.9 Å². The molecular formula is C94H111Cl4Cs2F9N18O15S3. The minimum atomic E-state index is -4.41. The van der Waals surface area contributed by atoms with E-state index in [0.717, 1.165) is 57.8 Å². The van der Waals surface area contributed by atoms with Crippen LogP contribution in [0.25, 0.3) is 0 Å². The Kier molecular flexibility index (Phi) is 52.1. The maximum Gasteiger partial charge on any atom is 1.00 e. The first-order valence-corrected chi connectivity index (χ1v) is 48.6. The van der Waals surface area contributed by atoms with E-state index in [2.05, 4.69) is 70.0 Å². The molecule has 0 unspecified atom stereocenters. The quantitative estimate of drug-likeness (QED) is 0.00999. The molecule has 0 bridgehead atoms. The maximum atomic E-state index is 14.1. The zero-order chi connectivity index (χ0) is 103. The molecule has 5 aromatic carbocycles. The van der Waals surface area contributed by atoms with Gasteiger partial charge in [0.05, 0.1) is 73.3 Å². The number of nitrogens with one attached hydrogen (secondary N) is 3. The third-order valence-corrected chi connectivity index (χ3v) is 29.2. The summed E-state index contributed by atoms with van der Waals surface area (Å²) in [5.74, 6) is 3.13. The number of aromatic nitrogens is 9. The van der Waals surface area contributed by atoms with Crippen LogP contribution in [0.3, 0.4) is 0 Å². The monoisotopic (exact) mass is 2400 g/mol. The Hall–Kier alpha value is -7.79. The molecule has 0 saturated heterocycles. The molecule has 778 valence electrons. The number of carbonyl (C=O) groups excluding carboxylic acids is 1. The van der Waals surface area contributed by atoms with Crippen molar-refractivity contribution in [2.24, 2.45) is 5.73 Å². The zero-order valence-electron chi connectivity index (χ0n) is 80.3. The van der Waals surface area contributed by atoms with Crippen molar-refractivity contribution in [3.05, 3.63) is 266 Å². The number of anilines is 5. The number of carbonyl (C=O) groups is 2. The van der Waals surface area contributed by atoms with Crippen molar-refractivity contribution in [1.29, 1.82) is 0 Å². The zero-order valence-corrected chi connectivity index (χ0v) is 97.4. The summed E-state index contributed by atoms with van der Waals surface area (Å²) < 4.78 is 224. The van der Waals surface area contributed by atoms with Crippen LogP contribution < -0.4 is 192 Å². The van der Waals surface area contributed by atoms with Crippen molar-refractivity contribution in [2.75, 3.05) is 94.7 Å². The van der Waals surface area contributed by atoms with E-state index in [0.29, 0.717) is 95.4 Å². The molecule has 145 heavy (non-hydrogen) atoms. The van der Waals surface area contributed by atoms with Crippen molar-refractivity contribution in [3.8, 4) is 23.0 Å². The molecule has 6 heterocycles. The molecule has 3 aliphatic rings. The molecule has 6 N–H and O–H groups in total. The molecule has 33 nitrogen and oxygen atoms in total. The van der Waals surface area contributed by atoms with Gasteiger partial charge in [0, 0.05) is 109 Å². The fraction of sp³-hybridized carbons (Fsp3) is 0.372. The van der Waals surface area contributed by atoms with E-state index in [9.17, 15) is 64.8 Å². The number of likely N-dealkylation sites (N-methyl/N-ethyl adjacent to an activating group) is 3. The second kappa shape index (κ2) is 59.1. The number of nitrogens with zero attached hydrogens (tertiary/aromatic N) is 14. The molecule has 0 aliphatic heterocycles. The van der Waals surface area contributed by atoms with Crippen molar-refractivity contribution in [1.82, 2.24) is 59.6 Å². The van der Waals surface area contributed by atoms with Crippen LogP contribution in [0.2, 0.25) is 20.2 Å². The Balaban J connectivity index is 0.000000407. The second-order valence-electron chi connectivity index (χ2n) is 32.6. The van der Waals surface area contributed by atoms with E-state index in [1.165, 1.54) is 151 Å². The fourth-order valence-corrected chi connectivity index (χ4v) is 20.7. The first-order valence-electron chi connectivity index (χ1n) is 42.7. The minimum Gasteiger partial charge on any atom is -1.00 e. The summed E-state index contributed by atoms with van der Waals surface area (Å²) in [4.78, 5) is 61.5. The van der Waals surface area contributed by atoms with E-state index in [1.54, 1.807) is 54.6 Å². The van der Waals surface area contributed by atoms with Gasteiger partial charge in [-0.15, -0.1) is 0 Å². The number of alkyl halides is 9. The summed E-state index contributed by atoms with van der Waals surface area (Å²) in [5.41, 5.74) is 7.49. The Morgan fingerprint density at radius 2 is 0.821 bits per heavy atom. The third kappa shape index (κ3) is 36.2. The van der Waals surface area contributed by atoms with Gasteiger partial charge in [-0.2, -0.15) is 39.5 Å². The molecule has 14 rings (SSSR count). The number of halogens is 13. The number of sulfonamides is 3. The van der Waals surface area contributed by atoms with E-state index in [-0.39, 0.29) is 286 Å². The average Bonchev–Trinajstić information content (AvgIpc) is 0.777. The second-order valence-corrected chi connectivity index (χ2v) is 39.6. The molecule has 3 saturated carbocycles. The number of ether oxygens (including phenoxy) is 4. The fourth-order valence-electron chi connectivity index (χ4n) is 16.1. The standard InChI is InChI=1S/C33H36ClF3N6O4S.C24H26ClF3N6O2S.C18H16Cl2N4O4S.C15H21F3N2.CH2O3.CH2O2.2CH4.2Cs.H/c1-42(2)29-15-22(21-6-5-7-24(14-21)33(35,36)37)9-11-28(29)41-32-27(34)17-26(18-39-32)48(44,45)43(31-12-13-38-20-40-31)19-23-8-10-25(46-3)16-30(23)47-4;1-34(2)21-11-16(15-4-3-5-17(10-15)24(26,27)28)6-7-20(21)32-23-19(25)12-18(13-30-23)37(35,36)33-22-8-9-29-14-31-22;1-27-13-4-3-12(16(7-13)28-2)10-24(17-5-6-21-11-23-17)29(25,26)14-8-15(19)18(20)22-9-14;1-20(2)14-9-11(6-7-13(14)19)10-4-3-5-12(8-10)15(16,17)18;2-1-4-3;2-1-3;;;;;/h5-8,10,12-14,16-18,20,22,28-29H,9,11,15,19H2,1-4H3,(H,39,41);3-5,8-10,12-14,16,20-21H,6-7,11H2,1-2H3,(H,30,32)(H,29,31,33);3-9,11H,10H2,1-2H3;3-5,8,11,13-14H,6-7,9,19H2,1-2H3;1,3H;1H,(H,2,3);2*1H4;;;/q;;;;;;;;2*+1;-1/p-1/t22-,28-,29-;16-,20-,21-;;11-,13-,14-;;;;;;;/m00.0......./s1. The van der Waals surface area contributed by atoms with Gasteiger partial charge in [-0.25, -0.2) is 78.7 Å². The molecule has 0 spiro atoms. The van der Waals surface area contributed by atoms with Crippen LogP contribution in [-0.2, 0) is 76.2 Å². The van der Waals surface area contributed by atoms with Gasteiger partial charge in [-0.05, 0) is 201 Å². The van der Waals surface area contributed by atoms with Crippen LogP contribution in [0.1, 0.15) is 136 Å². The number of hydrogen-bond donors (Lipinski definition) is 5. The van der Waals surface area contributed by atoms with Gasteiger partial charge in [0.25, 0.3) is 43.0 Å². The van der Waals surface area contributed by atoms with Gasteiger partial charge in [0.15, 0.2) is 0 Å². The van der Waals surface area contributed by atoms with Crippen molar-refractivity contribution >= 4 is 119 Å². The number of carboxylic acid groups (broad SMARTS) is 1. The Morgan fingerprint density at radius 3 is 1.15 bits per heavy atom. The van der Waals surface area contributed by atoms with E-state index < -0.39 is 65.3 Å². The van der Waals surface area contributed by atoms with Gasteiger partial charge in [0.2, 0.25) is 0 Å². The maximum absolute atomic E-state index is 14.1. The predicted octanol–water partition coefficient (Wildman–Crippen LogP) is 12.0. The van der Waals surface area contributed by atoms with Crippen molar-refractivity contribution in [2.45, 2.75) is 173 Å². The first kappa shape index (κ1) is 128. The van der Waals surface area contributed by atoms with Crippen LogP contribution in [-0.4, -0.2) is 210 Å². The van der Waals surface area contributed by atoms with Gasteiger partial charge >= 0.3 is 156 Å². The summed E-state index contributed by atoms with van der Waals surface area (Å²) in [6.07, 6.45) is 4.93. The first-order chi connectivity index (χ1) is 66.7. The SMILES string of the molecule is C.C.CN(C)[C@H]1C[C@@H](c2cccc(C(F)(F)F)c2)CC[C@@H]1N.CN(C)[C@H]1C[C@@H](c2cccc(C(F)(F)F)c2)CC[C@@H]1Nc1ncc(S(=O)(=O)Nc2ccncn2)cc1Cl.COc1ccc(CN(c2ccncn2)S(=O)(=O)c2cnc(Cl)c(Cl)c2)c(OC)c1.COc1ccc(CN(c2ccncn2)S(=O)(=O)c2cnc(N[C@H]3CC[C@H](c4cccc(C(F)(F)F)c4)C[C@@H]3N(C)C)c(Cl)c2)c(OC)c1.O=CO.O=CO[O-].[Cs+].[Cs+].[H-]. The summed E-state index contributed by atoms with van der Waals surface area (Å²) in [5, 5.41) is 22.3. The molecule has 6 aromatic heterocycles. The van der Waals surface area contributed by atoms with Gasteiger partial charge in [-0.1, -0.05) is 116 Å². The summed E-state index contributed by atoms with van der Waals surface area (Å²) in [6, 6.07) is 35.2. The molecular weight excluding hydrogens is 2300 g/mol. The van der Waals surface area contributed by atoms with E-state index in [4.69, 9.17) is 91.0 Å². The molecule has 0 amide bonds. The largest absolute Gasteiger partial charge is 1.00 e. The summed E-state index contributed by atoms with van der Waals surface area (Å²) in [6.45, 7) is -0.615. The molecule has 3 aliphatic carbocycles. The van der Waals surface area contributed by atoms with Crippen LogP contribution in [0.15, 0.2) is 216 Å². The third-order valence-electron chi connectivity index (χ3n) is 23.2. The van der Waals surface area contributed by atoms with Crippen LogP contribution in [0, 0.1) is 0 Å². The Bertz CT molecular complexity index is 6330. The summed E-state index contributed by atoms with van der Waals surface area (Å²) in [7, 11) is 5.33. The predicted molar refractivity (Wildman–Crippen MR) is 525 cm³/mol. The van der Waals surface area contributed by atoms with Crippen LogP contribution >= 0.6 is 46.4 Å². The molecule has 0 radical (unpaired) electrons. The number of pyridine rings is 3. The number of benzene rings is 5. The van der Waals surface area contributed by atoms with Crippen molar-refractivity contribution < 1.29 is 248 Å². The molecule has 51 heteroatoms. The van der Waals surface area contributed by atoms with E-state index in [1.807, 2.05) is 52.1 Å². The smallest absolute Gasteiger partial charge is 1.00 e. The number of methoxy groups -OCH3 is 4. The number of rotatable bonds is 28. The minimum absolute atomic E-state index is 0. The van der Waals surface area contributed by atoms with Crippen molar-refractivity contribution in [3.63, 3.8) is 0 Å². The molecule has 9 atom stereocenters. The van der Waals surface area contributed by atoms with Gasteiger partial charge in [-0.3, -0.25) is 14.3 Å². The van der Waals surface area contributed by atoms with Crippen LogP contribution in [0.5, 0.6) is 23.0 Å². The number of hydrogen-bond acceptors (Lipinski definition) is 29. The number of nitrogens with two attached hydrogens (primary N) is 1. The topological polar surface area (TPSA) is 420 Å². The Labute approximate surface area is 976 Å². The van der Waals surface area contributed by atoms with E-state index >= 15 is 0 Å². The summed E-state index contributed by atoms with van der Waals surface area (Å²) >= 11 is 24.9. The Morgan fingerprint density at radius 1 is 0.469 bits per heavy atom.